The van der Waals surface area contributed by atoms with Crippen LogP contribution in [0.25, 0.3) is 11.5 Å². The molecule has 0 aliphatic heterocycles. The zero-order valence-electron chi connectivity index (χ0n) is 17.5. The summed E-state index contributed by atoms with van der Waals surface area (Å²) < 4.78 is 32.5. The number of sulfonamides is 1. The molecule has 8 heteroatoms. The molecule has 6 nitrogen and oxygen atoms in total. The van der Waals surface area contributed by atoms with Crippen LogP contribution in [0, 0.1) is 0 Å². The van der Waals surface area contributed by atoms with Crippen molar-refractivity contribution in [3.05, 3.63) is 64.9 Å². The average molecular weight is 460 g/mol. The van der Waals surface area contributed by atoms with Crippen LogP contribution in [-0.2, 0) is 16.4 Å². The largest absolute Gasteiger partial charge is 0.334 e. The highest BCUT2D eigenvalue weighted by molar-refractivity contribution is 7.89. The molecule has 0 amide bonds. The van der Waals surface area contributed by atoms with Gasteiger partial charge in [0.25, 0.3) is 5.89 Å². The number of halogens is 1. The molecule has 1 aliphatic rings. The first kappa shape index (κ1) is 22.0. The normalized spacial score (nSPS) is 15.5. The van der Waals surface area contributed by atoms with Crippen LogP contribution in [0.4, 0.5) is 0 Å². The van der Waals surface area contributed by atoms with E-state index in [-0.39, 0.29) is 6.54 Å². The fourth-order valence-corrected chi connectivity index (χ4v) is 5.27. The van der Waals surface area contributed by atoms with Crippen LogP contribution in [0.15, 0.2) is 57.9 Å². The number of hydrogen-bond acceptors (Lipinski definition) is 5. The molecule has 1 heterocycles. The Balaban J connectivity index is 1.38. The number of rotatable bonds is 7. The highest BCUT2D eigenvalue weighted by Gasteiger charge is 2.22. The van der Waals surface area contributed by atoms with E-state index in [1.54, 1.807) is 43.4 Å². The Kier molecular flexibility index (Phi) is 6.74. The van der Waals surface area contributed by atoms with E-state index in [2.05, 4.69) is 10.1 Å². The summed E-state index contributed by atoms with van der Waals surface area (Å²) in [6.07, 6.45) is 6.54. The minimum absolute atomic E-state index is 0.256. The van der Waals surface area contributed by atoms with Crippen LogP contribution in [0.3, 0.4) is 0 Å². The van der Waals surface area contributed by atoms with Crippen LogP contribution in [-0.4, -0.2) is 36.5 Å². The van der Waals surface area contributed by atoms with E-state index in [1.807, 2.05) is 12.1 Å². The Hall–Kier alpha value is -2.22. The van der Waals surface area contributed by atoms with Crippen molar-refractivity contribution in [2.24, 2.45) is 0 Å². The monoisotopic (exact) mass is 459 g/mol. The third kappa shape index (κ3) is 5.17. The van der Waals surface area contributed by atoms with E-state index in [4.69, 9.17) is 16.1 Å². The van der Waals surface area contributed by atoms with E-state index < -0.39 is 10.0 Å². The molecule has 1 aromatic heterocycles. The Morgan fingerprint density at radius 2 is 1.71 bits per heavy atom. The number of hydrogen-bond donors (Lipinski definition) is 0. The van der Waals surface area contributed by atoms with E-state index in [0.29, 0.717) is 34.0 Å². The average Bonchev–Trinajstić information content (AvgIpc) is 3.27. The van der Waals surface area contributed by atoms with E-state index >= 15 is 0 Å². The van der Waals surface area contributed by atoms with Gasteiger partial charge in [0.05, 0.1) is 4.90 Å². The van der Waals surface area contributed by atoms with Crippen molar-refractivity contribution in [3.8, 4) is 11.5 Å². The standard InChI is InChI=1S/C23H26ClN3O3S/c1-27(16-15-22-25-23(30-26-22)19-7-11-20(24)12-8-19)31(28,29)21-13-9-18(10-14-21)17-5-3-2-4-6-17/h7-14,17H,2-6,15-16H2,1H3. The fraction of sp³-hybridized carbons (Fsp3) is 0.391. The zero-order chi connectivity index (χ0) is 21.8. The number of benzene rings is 2. The maximum Gasteiger partial charge on any atom is 0.257 e. The maximum absolute atomic E-state index is 12.9. The Bertz CT molecular complexity index is 1110. The molecule has 1 fully saturated rings. The number of nitrogens with zero attached hydrogens (tertiary/aromatic N) is 3. The molecule has 0 bridgehead atoms. The molecule has 0 unspecified atom stereocenters. The second-order valence-corrected chi connectivity index (χ2v) is 10.5. The van der Waals surface area contributed by atoms with Gasteiger partial charge in [-0.1, -0.05) is 48.2 Å². The van der Waals surface area contributed by atoms with Crippen LogP contribution in [0.2, 0.25) is 5.02 Å². The van der Waals surface area contributed by atoms with Gasteiger partial charge in [-0.25, -0.2) is 12.7 Å². The molecular weight excluding hydrogens is 434 g/mol. The lowest BCUT2D eigenvalue weighted by atomic mass is 9.84. The molecule has 31 heavy (non-hydrogen) atoms. The molecule has 1 saturated carbocycles. The maximum atomic E-state index is 12.9. The predicted molar refractivity (Wildman–Crippen MR) is 121 cm³/mol. The molecule has 0 saturated heterocycles. The molecule has 3 aromatic rings. The smallest absolute Gasteiger partial charge is 0.257 e. The quantitative estimate of drug-likeness (QED) is 0.479. The van der Waals surface area contributed by atoms with Crippen LogP contribution in [0.1, 0.15) is 49.4 Å². The van der Waals surface area contributed by atoms with Gasteiger partial charge in [0.2, 0.25) is 10.0 Å². The van der Waals surface area contributed by atoms with Crippen molar-refractivity contribution < 1.29 is 12.9 Å². The van der Waals surface area contributed by atoms with E-state index in [9.17, 15) is 8.42 Å². The van der Waals surface area contributed by atoms with Crippen LogP contribution < -0.4 is 0 Å². The summed E-state index contributed by atoms with van der Waals surface area (Å²) in [4.78, 5) is 4.67. The molecule has 2 aromatic carbocycles. The van der Waals surface area contributed by atoms with Crippen molar-refractivity contribution in [3.63, 3.8) is 0 Å². The van der Waals surface area contributed by atoms with Crippen molar-refractivity contribution in [1.29, 1.82) is 0 Å². The minimum atomic E-state index is -3.57. The second kappa shape index (κ2) is 9.51. The summed E-state index contributed by atoms with van der Waals surface area (Å²) in [6, 6.07) is 14.5. The third-order valence-corrected chi connectivity index (χ3v) is 8.00. The first-order valence-corrected chi connectivity index (χ1v) is 12.4. The summed E-state index contributed by atoms with van der Waals surface area (Å²) in [7, 11) is -2.00. The SMILES string of the molecule is CN(CCc1noc(-c2ccc(Cl)cc2)n1)S(=O)(=O)c1ccc(C2CCCCC2)cc1. The summed E-state index contributed by atoms with van der Waals surface area (Å²) >= 11 is 5.90. The van der Waals surface area contributed by atoms with Gasteiger partial charge in [0.15, 0.2) is 5.82 Å². The van der Waals surface area contributed by atoms with Gasteiger partial charge >= 0.3 is 0 Å². The van der Waals surface area contributed by atoms with Crippen LogP contribution >= 0.6 is 11.6 Å². The van der Waals surface area contributed by atoms with Gasteiger partial charge < -0.3 is 4.52 Å². The Morgan fingerprint density at radius 3 is 2.39 bits per heavy atom. The molecule has 0 spiro atoms. The highest BCUT2D eigenvalue weighted by Crippen LogP contribution is 2.33. The van der Waals surface area contributed by atoms with Gasteiger partial charge in [-0.3, -0.25) is 0 Å². The van der Waals surface area contributed by atoms with Crippen molar-refractivity contribution >= 4 is 21.6 Å². The first-order chi connectivity index (χ1) is 14.9. The second-order valence-electron chi connectivity index (χ2n) is 8.00. The summed E-state index contributed by atoms with van der Waals surface area (Å²) in [5.41, 5.74) is 2.00. The Morgan fingerprint density at radius 1 is 1.03 bits per heavy atom. The summed E-state index contributed by atoms with van der Waals surface area (Å²) in [6.45, 7) is 0.256. The number of aromatic nitrogens is 2. The summed E-state index contributed by atoms with van der Waals surface area (Å²) in [5.74, 6) is 1.39. The lowest BCUT2D eigenvalue weighted by Gasteiger charge is -2.22. The fourth-order valence-electron chi connectivity index (χ4n) is 3.97. The Labute approximate surface area is 188 Å². The predicted octanol–water partition coefficient (Wildman–Crippen LogP) is 5.30. The van der Waals surface area contributed by atoms with Crippen molar-refractivity contribution in [1.82, 2.24) is 14.4 Å². The molecule has 0 atom stereocenters. The van der Waals surface area contributed by atoms with Gasteiger partial charge in [0.1, 0.15) is 0 Å². The summed E-state index contributed by atoms with van der Waals surface area (Å²) in [5, 5.41) is 4.59. The molecule has 4 rings (SSSR count). The van der Waals surface area contributed by atoms with Gasteiger partial charge in [-0.05, 0) is 60.7 Å². The van der Waals surface area contributed by atoms with Gasteiger partial charge in [-0.2, -0.15) is 4.98 Å². The lowest BCUT2D eigenvalue weighted by molar-refractivity contribution is 0.415. The zero-order valence-corrected chi connectivity index (χ0v) is 19.1. The molecule has 1 aliphatic carbocycles. The first-order valence-electron chi connectivity index (χ1n) is 10.6. The van der Waals surface area contributed by atoms with E-state index in [0.717, 1.165) is 5.56 Å². The minimum Gasteiger partial charge on any atom is -0.334 e. The highest BCUT2D eigenvalue weighted by atomic mass is 35.5. The molecule has 0 radical (unpaired) electrons. The topological polar surface area (TPSA) is 76.3 Å². The van der Waals surface area contributed by atoms with E-state index in [1.165, 1.54) is 42.0 Å². The molecule has 0 N–H and O–H groups in total. The molecular formula is C23H26ClN3O3S. The third-order valence-electron chi connectivity index (χ3n) is 5.87. The number of likely N-dealkylation sites (N-methyl/N-ethyl adjacent to an activating group) is 1. The lowest BCUT2D eigenvalue weighted by Crippen LogP contribution is -2.29. The molecule has 164 valence electrons. The van der Waals surface area contributed by atoms with Crippen molar-refractivity contribution in [2.45, 2.75) is 49.3 Å². The van der Waals surface area contributed by atoms with Gasteiger partial charge in [0, 0.05) is 30.6 Å². The van der Waals surface area contributed by atoms with Crippen molar-refractivity contribution in [2.75, 3.05) is 13.6 Å². The van der Waals surface area contributed by atoms with Gasteiger partial charge in [-0.15, -0.1) is 0 Å². The van der Waals surface area contributed by atoms with Crippen LogP contribution in [0.5, 0.6) is 0 Å².